The quantitative estimate of drug-likeness (QED) is 0.484. The minimum absolute atomic E-state index is 0.0440. The van der Waals surface area contributed by atoms with Crippen molar-refractivity contribution in [2.75, 3.05) is 11.9 Å². The highest BCUT2D eigenvalue weighted by molar-refractivity contribution is 6.07. The maximum atomic E-state index is 12.2. The van der Waals surface area contributed by atoms with Gasteiger partial charge in [-0.1, -0.05) is 36.4 Å². The standard InChI is InChI=1S/C20H18N4O/c1-15-6-2-3-7-16(15)10-11-23-14-18(13-22)20(25)24-19-9-5-4-8-17(19)12-21/h2-9,14,23H,10-11H2,1H3,(H,24,25)/b18-14-. The monoisotopic (exact) mass is 330 g/mol. The van der Waals surface area contributed by atoms with E-state index in [-0.39, 0.29) is 5.57 Å². The third-order valence-electron chi connectivity index (χ3n) is 3.71. The molecule has 0 saturated heterocycles. The Labute approximate surface area is 147 Å². The number of amides is 1. The van der Waals surface area contributed by atoms with Gasteiger partial charge in [-0.15, -0.1) is 0 Å². The van der Waals surface area contributed by atoms with Gasteiger partial charge in [-0.05, 0) is 36.6 Å². The average molecular weight is 330 g/mol. The lowest BCUT2D eigenvalue weighted by Crippen LogP contribution is -2.18. The minimum atomic E-state index is -0.548. The molecule has 2 aromatic carbocycles. The van der Waals surface area contributed by atoms with Gasteiger partial charge in [0, 0.05) is 12.7 Å². The van der Waals surface area contributed by atoms with Crippen LogP contribution in [0.4, 0.5) is 5.69 Å². The third-order valence-corrected chi connectivity index (χ3v) is 3.71. The van der Waals surface area contributed by atoms with Gasteiger partial charge in [0.25, 0.3) is 5.91 Å². The molecule has 2 aromatic rings. The highest BCUT2D eigenvalue weighted by Gasteiger charge is 2.11. The molecule has 0 aliphatic heterocycles. The van der Waals surface area contributed by atoms with Gasteiger partial charge < -0.3 is 10.6 Å². The number of nitrogens with zero attached hydrogens (tertiary/aromatic N) is 2. The average Bonchev–Trinajstić information content (AvgIpc) is 2.63. The number of anilines is 1. The molecule has 5 heteroatoms. The molecule has 0 aromatic heterocycles. The number of carbonyl (C=O) groups excluding carboxylic acids is 1. The van der Waals surface area contributed by atoms with Gasteiger partial charge in [0.2, 0.25) is 0 Å². The Kier molecular flexibility index (Phi) is 6.33. The number of benzene rings is 2. The van der Waals surface area contributed by atoms with E-state index >= 15 is 0 Å². The van der Waals surface area contributed by atoms with Crippen molar-refractivity contribution in [1.82, 2.24) is 5.32 Å². The predicted octanol–water partition coefficient (Wildman–Crippen LogP) is 3.04. The lowest BCUT2D eigenvalue weighted by Gasteiger charge is -2.07. The molecule has 0 fully saturated rings. The lowest BCUT2D eigenvalue weighted by atomic mass is 10.1. The zero-order valence-electron chi connectivity index (χ0n) is 13.9. The topological polar surface area (TPSA) is 88.7 Å². The predicted molar refractivity (Wildman–Crippen MR) is 96.4 cm³/mol. The molecule has 0 spiro atoms. The number of rotatable bonds is 6. The molecule has 0 unspecified atom stereocenters. The number of carbonyl (C=O) groups is 1. The highest BCUT2D eigenvalue weighted by Crippen LogP contribution is 2.14. The van der Waals surface area contributed by atoms with Crippen molar-refractivity contribution in [3.63, 3.8) is 0 Å². The van der Waals surface area contributed by atoms with Crippen LogP contribution < -0.4 is 10.6 Å². The molecule has 2 rings (SSSR count). The smallest absolute Gasteiger partial charge is 0.267 e. The van der Waals surface area contributed by atoms with Gasteiger partial charge in [-0.25, -0.2) is 0 Å². The Balaban J connectivity index is 1.96. The zero-order valence-corrected chi connectivity index (χ0v) is 13.9. The Morgan fingerprint density at radius 3 is 2.56 bits per heavy atom. The third kappa shape index (κ3) is 4.95. The van der Waals surface area contributed by atoms with Crippen LogP contribution in [0.2, 0.25) is 0 Å². The SMILES string of the molecule is Cc1ccccc1CCN/C=C(/C#N)C(=O)Nc1ccccc1C#N. The Morgan fingerprint density at radius 1 is 1.12 bits per heavy atom. The van der Waals surface area contributed by atoms with Crippen LogP contribution in [0.15, 0.2) is 60.3 Å². The van der Waals surface area contributed by atoms with E-state index in [1.807, 2.05) is 37.3 Å². The molecule has 0 saturated carbocycles. The summed E-state index contributed by atoms with van der Waals surface area (Å²) in [7, 11) is 0. The molecular weight excluding hydrogens is 312 g/mol. The van der Waals surface area contributed by atoms with Crippen molar-refractivity contribution in [3.05, 3.63) is 77.0 Å². The maximum Gasteiger partial charge on any atom is 0.267 e. The number of nitriles is 2. The zero-order chi connectivity index (χ0) is 18.1. The summed E-state index contributed by atoms with van der Waals surface area (Å²) >= 11 is 0. The van der Waals surface area contributed by atoms with Crippen molar-refractivity contribution in [1.29, 1.82) is 10.5 Å². The Morgan fingerprint density at radius 2 is 1.84 bits per heavy atom. The summed E-state index contributed by atoms with van der Waals surface area (Å²) in [5.74, 6) is -0.548. The number of para-hydroxylation sites is 1. The second-order valence-electron chi connectivity index (χ2n) is 5.41. The van der Waals surface area contributed by atoms with E-state index < -0.39 is 5.91 Å². The van der Waals surface area contributed by atoms with Gasteiger partial charge in [-0.3, -0.25) is 4.79 Å². The first kappa shape index (κ1) is 17.8. The fourth-order valence-corrected chi connectivity index (χ4v) is 2.30. The summed E-state index contributed by atoms with van der Waals surface area (Å²) < 4.78 is 0. The molecule has 0 aliphatic carbocycles. The van der Waals surface area contributed by atoms with Gasteiger partial charge in [-0.2, -0.15) is 10.5 Å². The number of hydrogen-bond acceptors (Lipinski definition) is 4. The first-order valence-corrected chi connectivity index (χ1v) is 7.84. The van der Waals surface area contributed by atoms with Crippen molar-refractivity contribution in [3.8, 4) is 12.1 Å². The molecule has 0 bridgehead atoms. The summed E-state index contributed by atoms with van der Waals surface area (Å²) in [5.41, 5.74) is 3.11. The molecule has 1 amide bonds. The van der Waals surface area contributed by atoms with Crippen molar-refractivity contribution >= 4 is 11.6 Å². The minimum Gasteiger partial charge on any atom is -0.389 e. The van der Waals surface area contributed by atoms with E-state index in [1.165, 1.54) is 17.3 Å². The van der Waals surface area contributed by atoms with Crippen LogP contribution in [0.3, 0.4) is 0 Å². The molecule has 0 radical (unpaired) electrons. The maximum absolute atomic E-state index is 12.2. The van der Waals surface area contributed by atoms with Gasteiger partial charge in [0.15, 0.2) is 0 Å². The fourth-order valence-electron chi connectivity index (χ4n) is 2.30. The van der Waals surface area contributed by atoms with Crippen molar-refractivity contribution in [2.45, 2.75) is 13.3 Å². The van der Waals surface area contributed by atoms with Gasteiger partial charge in [0.05, 0.1) is 11.3 Å². The van der Waals surface area contributed by atoms with Crippen LogP contribution >= 0.6 is 0 Å². The highest BCUT2D eigenvalue weighted by atomic mass is 16.1. The first-order chi connectivity index (χ1) is 12.2. The molecule has 25 heavy (non-hydrogen) atoms. The number of hydrogen-bond donors (Lipinski definition) is 2. The summed E-state index contributed by atoms with van der Waals surface area (Å²) in [6, 6.07) is 18.6. The summed E-state index contributed by atoms with van der Waals surface area (Å²) in [5, 5.41) is 23.8. The van der Waals surface area contributed by atoms with Gasteiger partial charge >= 0.3 is 0 Å². The fraction of sp³-hybridized carbons (Fsp3) is 0.150. The summed E-state index contributed by atoms with van der Waals surface area (Å²) in [6.07, 6.45) is 2.20. The molecule has 0 heterocycles. The Hall–Kier alpha value is -3.57. The number of nitrogens with one attached hydrogen (secondary N) is 2. The van der Waals surface area contributed by atoms with Crippen LogP contribution in [0.5, 0.6) is 0 Å². The molecule has 5 nitrogen and oxygen atoms in total. The van der Waals surface area contributed by atoms with Crippen LogP contribution in [0.25, 0.3) is 0 Å². The molecule has 0 atom stereocenters. The van der Waals surface area contributed by atoms with Crippen LogP contribution in [-0.2, 0) is 11.2 Å². The van der Waals surface area contributed by atoms with E-state index in [0.29, 0.717) is 17.8 Å². The van der Waals surface area contributed by atoms with Crippen molar-refractivity contribution in [2.24, 2.45) is 0 Å². The van der Waals surface area contributed by atoms with E-state index in [2.05, 4.69) is 16.7 Å². The van der Waals surface area contributed by atoms with E-state index in [1.54, 1.807) is 24.3 Å². The van der Waals surface area contributed by atoms with E-state index in [4.69, 9.17) is 5.26 Å². The second kappa shape index (κ2) is 8.90. The molecule has 0 aliphatic rings. The largest absolute Gasteiger partial charge is 0.389 e. The summed E-state index contributed by atoms with van der Waals surface area (Å²) in [4.78, 5) is 12.2. The molecule has 2 N–H and O–H groups in total. The van der Waals surface area contributed by atoms with E-state index in [0.717, 1.165) is 6.42 Å². The number of aryl methyl sites for hydroxylation is 1. The normalized spacial score (nSPS) is 10.4. The van der Waals surface area contributed by atoms with Crippen LogP contribution in [0.1, 0.15) is 16.7 Å². The van der Waals surface area contributed by atoms with Crippen LogP contribution in [-0.4, -0.2) is 12.5 Å². The Bertz CT molecular complexity index is 872. The molecular formula is C20H18N4O. The molecule has 124 valence electrons. The lowest BCUT2D eigenvalue weighted by molar-refractivity contribution is -0.112. The van der Waals surface area contributed by atoms with Gasteiger partial charge in [0.1, 0.15) is 17.7 Å². The second-order valence-corrected chi connectivity index (χ2v) is 5.41. The van der Waals surface area contributed by atoms with Crippen molar-refractivity contribution < 1.29 is 4.79 Å². The van der Waals surface area contributed by atoms with Crippen LogP contribution in [0, 0.1) is 29.6 Å². The van der Waals surface area contributed by atoms with E-state index in [9.17, 15) is 10.1 Å². The summed E-state index contributed by atoms with van der Waals surface area (Å²) in [6.45, 7) is 2.66. The first-order valence-electron chi connectivity index (χ1n) is 7.84.